The van der Waals surface area contributed by atoms with Crippen LogP contribution in [0.15, 0.2) is 0 Å². The average molecular weight is 371 g/mol. The lowest BCUT2D eigenvalue weighted by Gasteiger charge is -2.24. The molecule has 0 aliphatic heterocycles. The van der Waals surface area contributed by atoms with Crippen molar-refractivity contribution in [2.24, 2.45) is 0 Å². The molecule has 0 heterocycles. The van der Waals surface area contributed by atoms with Crippen LogP contribution in [0.1, 0.15) is 26.7 Å². The third kappa shape index (κ3) is 9.50. The van der Waals surface area contributed by atoms with Crippen LogP contribution in [0, 0.1) is 0 Å². The number of carbonyl (C=O) groups is 3. The Kier molecular flexibility index (Phi) is 12.6. The van der Waals surface area contributed by atoms with E-state index in [-0.39, 0.29) is 37.8 Å². The van der Waals surface area contributed by atoms with Gasteiger partial charge in [0.05, 0.1) is 13.2 Å². The number of halogens is 2. The molecule has 134 valence electrons. The van der Waals surface area contributed by atoms with Crippen molar-refractivity contribution in [3.05, 3.63) is 0 Å². The lowest BCUT2D eigenvalue weighted by atomic mass is 10.1. The SMILES string of the molecule is CCOC(=O)CC[C@H](NC(=O)N(CCCl)CCCl)C(=O)OCC. The number of alkyl halides is 2. The first kappa shape index (κ1) is 21.8. The second-order valence-corrected chi connectivity index (χ2v) is 5.22. The summed E-state index contributed by atoms with van der Waals surface area (Å²) in [5, 5.41) is 2.56. The van der Waals surface area contributed by atoms with Crippen molar-refractivity contribution in [2.45, 2.75) is 32.7 Å². The van der Waals surface area contributed by atoms with Crippen molar-refractivity contribution in [2.75, 3.05) is 38.1 Å². The highest BCUT2D eigenvalue weighted by Crippen LogP contribution is 2.04. The standard InChI is InChI=1S/C14H24Cl2N2O5/c1-3-22-12(19)6-5-11(13(20)23-4-2)17-14(21)18(9-7-15)10-8-16/h11H,3-10H2,1-2H3,(H,17,21)/t11-/m0/s1. The molecule has 9 heteroatoms. The van der Waals surface area contributed by atoms with Gasteiger partial charge in [-0.2, -0.15) is 0 Å². The minimum atomic E-state index is -0.931. The summed E-state index contributed by atoms with van der Waals surface area (Å²) < 4.78 is 9.73. The van der Waals surface area contributed by atoms with Gasteiger partial charge in [0.2, 0.25) is 0 Å². The molecule has 23 heavy (non-hydrogen) atoms. The van der Waals surface area contributed by atoms with Gasteiger partial charge in [0, 0.05) is 31.3 Å². The number of amides is 2. The third-order valence-electron chi connectivity index (χ3n) is 2.81. The molecule has 2 amide bonds. The second-order valence-electron chi connectivity index (χ2n) is 4.46. The summed E-state index contributed by atoms with van der Waals surface area (Å²) in [7, 11) is 0. The summed E-state index contributed by atoms with van der Waals surface area (Å²) in [5.74, 6) is -0.537. The molecule has 0 aliphatic carbocycles. The molecular weight excluding hydrogens is 347 g/mol. The molecule has 0 bridgehead atoms. The van der Waals surface area contributed by atoms with E-state index in [0.717, 1.165) is 0 Å². The van der Waals surface area contributed by atoms with Crippen LogP contribution < -0.4 is 5.32 Å². The molecule has 0 aromatic rings. The first-order valence-corrected chi connectivity index (χ1v) is 8.56. The van der Waals surface area contributed by atoms with E-state index in [1.165, 1.54) is 4.90 Å². The molecule has 0 aromatic heterocycles. The van der Waals surface area contributed by atoms with Crippen LogP contribution in [0.3, 0.4) is 0 Å². The third-order valence-corrected chi connectivity index (χ3v) is 3.15. The second kappa shape index (κ2) is 13.2. The number of ether oxygens (including phenoxy) is 2. The van der Waals surface area contributed by atoms with Gasteiger partial charge in [-0.3, -0.25) is 4.79 Å². The average Bonchev–Trinajstić information content (AvgIpc) is 2.51. The normalized spacial score (nSPS) is 11.5. The first-order chi connectivity index (χ1) is 11.0. The first-order valence-electron chi connectivity index (χ1n) is 7.49. The topological polar surface area (TPSA) is 84.9 Å². The molecule has 0 unspecified atom stereocenters. The lowest BCUT2D eigenvalue weighted by Crippen LogP contribution is -2.49. The Bertz CT molecular complexity index is 376. The van der Waals surface area contributed by atoms with Gasteiger partial charge in [0.1, 0.15) is 6.04 Å². The van der Waals surface area contributed by atoms with Crippen molar-refractivity contribution < 1.29 is 23.9 Å². The highest BCUT2D eigenvalue weighted by molar-refractivity contribution is 6.18. The van der Waals surface area contributed by atoms with Gasteiger partial charge < -0.3 is 19.7 Å². The fourth-order valence-electron chi connectivity index (χ4n) is 1.75. The molecule has 7 nitrogen and oxygen atoms in total. The van der Waals surface area contributed by atoms with Crippen LogP contribution in [0.5, 0.6) is 0 Å². The quantitative estimate of drug-likeness (QED) is 0.442. The van der Waals surface area contributed by atoms with Crippen molar-refractivity contribution in [3.63, 3.8) is 0 Å². The predicted octanol–water partition coefficient (Wildman–Crippen LogP) is 1.75. The van der Waals surface area contributed by atoms with E-state index in [9.17, 15) is 14.4 Å². The number of hydrogen-bond donors (Lipinski definition) is 1. The van der Waals surface area contributed by atoms with E-state index < -0.39 is 24.0 Å². The predicted molar refractivity (Wildman–Crippen MR) is 87.8 cm³/mol. The van der Waals surface area contributed by atoms with E-state index in [4.69, 9.17) is 32.7 Å². The molecule has 0 saturated carbocycles. The number of rotatable bonds is 11. The summed E-state index contributed by atoms with van der Waals surface area (Å²) in [4.78, 5) is 36.9. The van der Waals surface area contributed by atoms with E-state index in [2.05, 4.69) is 5.32 Å². The zero-order valence-corrected chi connectivity index (χ0v) is 15.0. The number of esters is 2. The maximum absolute atomic E-state index is 12.2. The lowest BCUT2D eigenvalue weighted by molar-refractivity contribution is -0.146. The number of carbonyl (C=O) groups excluding carboxylic acids is 3. The van der Waals surface area contributed by atoms with Crippen molar-refractivity contribution in [1.29, 1.82) is 0 Å². The molecule has 1 atom stereocenters. The fourth-order valence-corrected chi connectivity index (χ4v) is 2.15. The van der Waals surface area contributed by atoms with Crippen LogP contribution in [-0.2, 0) is 19.1 Å². The summed E-state index contributed by atoms with van der Waals surface area (Å²) in [6, 6.07) is -1.41. The molecule has 0 aromatic carbocycles. The molecular formula is C14H24Cl2N2O5. The Balaban J connectivity index is 4.74. The van der Waals surface area contributed by atoms with Crippen molar-refractivity contribution in [3.8, 4) is 0 Å². The van der Waals surface area contributed by atoms with Crippen LogP contribution in [0.4, 0.5) is 4.79 Å². The summed E-state index contributed by atoms with van der Waals surface area (Å²) in [6.45, 7) is 4.39. The van der Waals surface area contributed by atoms with Gasteiger partial charge in [-0.1, -0.05) is 0 Å². The zero-order chi connectivity index (χ0) is 17.7. The fraction of sp³-hybridized carbons (Fsp3) is 0.786. The Labute approximate surface area is 146 Å². The molecule has 0 spiro atoms. The van der Waals surface area contributed by atoms with Gasteiger partial charge >= 0.3 is 18.0 Å². The molecule has 0 fully saturated rings. The number of hydrogen-bond acceptors (Lipinski definition) is 5. The van der Waals surface area contributed by atoms with Crippen LogP contribution in [-0.4, -0.2) is 67.0 Å². The van der Waals surface area contributed by atoms with Crippen LogP contribution in [0.25, 0.3) is 0 Å². The summed E-state index contributed by atoms with van der Waals surface area (Å²) >= 11 is 11.3. The van der Waals surface area contributed by atoms with Gasteiger partial charge in [-0.05, 0) is 20.3 Å². The van der Waals surface area contributed by atoms with E-state index in [0.29, 0.717) is 13.1 Å². The summed E-state index contributed by atoms with van der Waals surface area (Å²) in [5.41, 5.74) is 0. The van der Waals surface area contributed by atoms with E-state index in [1.807, 2.05) is 0 Å². The van der Waals surface area contributed by atoms with Gasteiger partial charge in [0.15, 0.2) is 0 Å². The number of urea groups is 1. The maximum atomic E-state index is 12.2. The Morgan fingerprint density at radius 3 is 2.09 bits per heavy atom. The smallest absolute Gasteiger partial charge is 0.328 e. The maximum Gasteiger partial charge on any atom is 0.328 e. The van der Waals surface area contributed by atoms with E-state index in [1.54, 1.807) is 13.8 Å². The van der Waals surface area contributed by atoms with Crippen LogP contribution >= 0.6 is 23.2 Å². The Morgan fingerprint density at radius 1 is 1.04 bits per heavy atom. The zero-order valence-electron chi connectivity index (χ0n) is 13.5. The molecule has 0 aliphatic rings. The molecule has 0 saturated heterocycles. The van der Waals surface area contributed by atoms with E-state index >= 15 is 0 Å². The van der Waals surface area contributed by atoms with Crippen molar-refractivity contribution >= 4 is 41.2 Å². The largest absolute Gasteiger partial charge is 0.466 e. The highest BCUT2D eigenvalue weighted by atomic mass is 35.5. The number of nitrogens with zero attached hydrogens (tertiary/aromatic N) is 1. The highest BCUT2D eigenvalue weighted by Gasteiger charge is 2.25. The molecule has 0 rings (SSSR count). The molecule has 1 N–H and O–H groups in total. The van der Waals surface area contributed by atoms with Crippen LogP contribution in [0.2, 0.25) is 0 Å². The molecule has 0 radical (unpaired) electrons. The van der Waals surface area contributed by atoms with Crippen molar-refractivity contribution in [1.82, 2.24) is 10.2 Å². The number of nitrogens with one attached hydrogen (secondary N) is 1. The minimum Gasteiger partial charge on any atom is -0.466 e. The Hall–Kier alpha value is -1.21. The monoisotopic (exact) mass is 370 g/mol. The Morgan fingerprint density at radius 2 is 1.61 bits per heavy atom. The van der Waals surface area contributed by atoms with Gasteiger partial charge in [-0.25, -0.2) is 9.59 Å². The minimum absolute atomic E-state index is 0.00259. The van der Waals surface area contributed by atoms with Gasteiger partial charge in [0.25, 0.3) is 0 Å². The van der Waals surface area contributed by atoms with Gasteiger partial charge in [-0.15, -0.1) is 23.2 Å². The summed E-state index contributed by atoms with van der Waals surface area (Å²) in [6.07, 6.45) is 0.0988.